The first kappa shape index (κ1) is 32.1. The first-order chi connectivity index (χ1) is 20.5. The fraction of sp³-hybridized carbons (Fsp3) is 0.343. The molecular weight excluding hydrogens is 560 g/mol. The van der Waals surface area contributed by atoms with Crippen LogP contribution >= 0.6 is 12.4 Å². The van der Waals surface area contributed by atoms with E-state index in [1.165, 1.54) is 21.9 Å². The van der Waals surface area contributed by atoms with Crippen molar-refractivity contribution in [2.24, 2.45) is 0 Å². The molecule has 0 atom stereocenters. The van der Waals surface area contributed by atoms with E-state index in [9.17, 15) is 0 Å². The number of benzene rings is 3. The highest BCUT2D eigenvalue weighted by Gasteiger charge is 2.21. The SMILES string of the molecule is COc1cc(-c2nc(CNCCCN(C)C)cc3c4ccccc4n(CCCc4ccccc4)c23)cc(OC)c1OC.Cl. The number of nitrogens with zero attached hydrogens (tertiary/aromatic N) is 3. The van der Waals surface area contributed by atoms with Crippen LogP contribution in [0.3, 0.4) is 0 Å². The highest BCUT2D eigenvalue weighted by Crippen LogP contribution is 2.43. The topological polar surface area (TPSA) is 60.8 Å². The van der Waals surface area contributed by atoms with Gasteiger partial charge in [-0.15, -0.1) is 12.4 Å². The quantitative estimate of drug-likeness (QED) is 0.138. The van der Waals surface area contributed by atoms with E-state index in [0.717, 1.165) is 61.4 Å². The molecule has 0 aliphatic carbocycles. The number of ether oxygens (including phenoxy) is 3. The summed E-state index contributed by atoms with van der Waals surface area (Å²) < 4.78 is 19.6. The van der Waals surface area contributed by atoms with Gasteiger partial charge in [-0.05, 0) is 76.3 Å². The molecule has 0 amide bonds. The molecule has 0 radical (unpaired) electrons. The molecule has 228 valence electrons. The van der Waals surface area contributed by atoms with Crippen molar-refractivity contribution in [2.75, 3.05) is 48.5 Å². The zero-order valence-electron chi connectivity index (χ0n) is 25.9. The van der Waals surface area contributed by atoms with Crippen molar-refractivity contribution in [3.05, 3.63) is 84.1 Å². The zero-order valence-corrected chi connectivity index (χ0v) is 26.7. The monoisotopic (exact) mass is 602 g/mol. The lowest BCUT2D eigenvalue weighted by molar-refractivity contribution is 0.324. The van der Waals surface area contributed by atoms with Gasteiger partial charge in [0.15, 0.2) is 11.5 Å². The molecule has 0 spiro atoms. The Kier molecular flexibility index (Phi) is 11.3. The van der Waals surface area contributed by atoms with Gasteiger partial charge >= 0.3 is 0 Å². The standard InChI is InChI=1S/C35H42N4O3.ClH/c1-38(2)19-12-18-36-24-27-23-29-28-16-9-10-17-30(28)39(20-11-15-25-13-7-6-8-14-25)34(29)33(37-27)26-21-31(40-3)35(42-5)32(22-26)41-4;/h6-10,13-14,16-17,21-23,36H,11-12,15,18-20,24H2,1-5H3;1H. The maximum Gasteiger partial charge on any atom is 0.203 e. The van der Waals surface area contributed by atoms with Gasteiger partial charge in [-0.25, -0.2) is 4.98 Å². The highest BCUT2D eigenvalue weighted by molar-refractivity contribution is 6.12. The summed E-state index contributed by atoms with van der Waals surface area (Å²) in [6.07, 6.45) is 3.11. The summed E-state index contributed by atoms with van der Waals surface area (Å²) in [5.74, 6) is 1.80. The van der Waals surface area contributed by atoms with Gasteiger partial charge in [0.1, 0.15) is 0 Å². The van der Waals surface area contributed by atoms with Crippen molar-refractivity contribution in [2.45, 2.75) is 32.4 Å². The molecule has 2 heterocycles. The Balaban J connectivity index is 0.00000423. The van der Waals surface area contributed by atoms with Gasteiger partial charge in [0.05, 0.1) is 38.2 Å². The number of nitrogens with one attached hydrogen (secondary N) is 1. The van der Waals surface area contributed by atoms with Gasteiger partial charge in [0.2, 0.25) is 5.75 Å². The summed E-state index contributed by atoms with van der Waals surface area (Å²) in [4.78, 5) is 7.50. The minimum absolute atomic E-state index is 0. The second kappa shape index (κ2) is 15.1. The number of pyridine rings is 1. The van der Waals surface area contributed by atoms with Gasteiger partial charge in [0, 0.05) is 34.9 Å². The average Bonchev–Trinajstić information content (AvgIpc) is 3.33. The molecule has 0 aliphatic rings. The Morgan fingerprint density at radius 2 is 1.51 bits per heavy atom. The number of aromatic nitrogens is 2. The van der Waals surface area contributed by atoms with E-state index in [4.69, 9.17) is 19.2 Å². The zero-order chi connectivity index (χ0) is 29.5. The largest absolute Gasteiger partial charge is 0.493 e. The molecule has 1 N–H and O–H groups in total. The Bertz CT molecular complexity index is 1610. The van der Waals surface area contributed by atoms with Crippen molar-refractivity contribution in [1.82, 2.24) is 19.8 Å². The van der Waals surface area contributed by atoms with Crippen LogP contribution in [0.25, 0.3) is 33.1 Å². The van der Waals surface area contributed by atoms with E-state index in [1.54, 1.807) is 21.3 Å². The number of aryl methyl sites for hydroxylation is 2. The lowest BCUT2D eigenvalue weighted by Gasteiger charge is -2.16. The smallest absolute Gasteiger partial charge is 0.203 e. The fourth-order valence-corrected chi connectivity index (χ4v) is 5.69. The molecule has 8 heteroatoms. The van der Waals surface area contributed by atoms with Crippen LogP contribution in [0.5, 0.6) is 17.2 Å². The number of hydrogen-bond donors (Lipinski definition) is 1. The van der Waals surface area contributed by atoms with Crippen molar-refractivity contribution in [3.63, 3.8) is 0 Å². The predicted octanol–water partition coefficient (Wildman–Crippen LogP) is 6.98. The highest BCUT2D eigenvalue weighted by atomic mass is 35.5. The number of halogens is 1. The first-order valence-electron chi connectivity index (χ1n) is 14.6. The summed E-state index contributed by atoms with van der Waals surface area (Å²) in [6.45, 7) is 3.54. The molecule has 0 saturated carbocycles. The second-order valence-electron chi connectivity index (χ2n) is 10.9. The van der Waals surface area contributed by atoms with Crippen LogP contribution in [0.2, 0.25) is 0 Å². The first-order valence-corrected chi connectivity index (χ1v) is 14.6. The van der Waals surface area contributed by atoms with E-state index >= 15 is 0 Å². The molecule has 0 bridgehead atoms. The molecule has 2 aromatic heterocycles. The van der Waals surface area contributed by atoms with Crippen LogP contribution in [0.1, 0.15) is 24.1 Å². The van der Waals surface area contributed by atoms with Crippen LogP contribution in [-0.4, -0.2) is 63.0 Å². The van der Waals surface area contributed by atoms with Crippen molar-refractivity contribution < 1.29 is 14.2 Å². The van der Waals surface area contributed by atoms with Crippen molar-refractivity contribution >= 4 is 34.2 Å². The minimum Gasteiger partial charge on any atom is -0.493 e. The third kappa shape index (κ3) is 7.24. The maximum absolute atomic E-state index is 5.74. The van der Waals surface area contributed by atoms with E-state index in [0.29, 0.717) is 23.8 Å². The number of para-hydroxylation sites is 1. The van der Waals surface area contributed by atoms with E-state index in [-0.39, 0.29) is 12.4 Å². The Hall–Kier alpha value is -3.78. The molecule has 0 saturated heterocycles. The molecular formula is C35H43ClN4O3. The number of rotatable bonds is 14. The number of fused-ring (bicyclic) bond motifs is 3. The molecule has 0 aliphatic heterocycles. The summed E-state index contributed by atoms with van der Waals surface area (Å²) in [6, 6.07) is 25.6. The van der Waals surface area contributed by atoms with Crippen molar-refractivity contribution in [1.29, 1.82) is 0 Å². The van der Waals surface area contributed by atoms with Crippen LogP contribution < -0.4 is 19.5 Å². The van der Waals surface area contributed by atoms with Crippen LogP contribution in [0.15, 0.2) is 72.8 Å². The average molecular weight is 603 g/mol. The Labute approximate surface area is 261 Å². The summed E-state index contributed by atoms with van der Waals surface area (Å²) in [7, 11) is 9.14. The van der Waals surface area contributed by atoms with Gasteiger partial charge in [-0.1, -0.05) is 48.5 Å². The Morgan fingerprint density at radius 1 is 0.814 bits per heavy atom. The third-order valence-corrected chi connectivity index (χ3v) is 7.69. The Morgan fingerprint density at radius 3 is 2.19 bits per heavy atom. The van der Waals surface area contributed by atoms with Crippen LogP contribution in [-0.2, 0) is 19.5 Å². The van der Waals surface area contributed by atoms with E-state index in [1.807, 2.05) is 12.1 Å². The summed E-state index contributed by atoms with van der Waals surface area (Å²) in [5.41, 5.74) is 6.53. The summed E-state index contributed by atoms with van der Waals surface area (Å²) >= 11 is 0. The molecule has 7 nitrogen and oxygen atoms in total. The maximum atomic E-state index is 5.74. The lowest BCUT2D eigenvalue weighted by atomic mass is 10.0. The normalized spacial score (nSPS) is 11.2. The fourth-order valence-electron chi connectivity index (χ4n) is 5.69. The van der Waals surface area contributed by atoms with Gasteiger partial charge in [-0.3, -0.25) is 0 Å². The third-order valence-electron chi connectivity index (χ3n) is 7.69. The van der Waals surface area contributed by atoms with Crippen molar-refractivity contribution in [3.8, 4) is 28.5 Å². The van der Waals surface area contributed by atoms with Gasteiger partial charge in [-0.2, -0.15) is 0 Å². The second-order valence-corrected chi connectivity index (χ2v) is 10.9. The predicted molar refractivity (Wildman–Crippen MR) is 179 cm³/mol. The van der Waals surface area contributed by atoms with E-state index < -0.39 is 0 Å². The molecule has 0 fully saturated rings. The minimum atomic E-state index is 0. The molecule has 0 unspecified atom stereocenters. The van der Waals surface area contributed by atoms with E-state index in [2.05, 4.69) is 89.5 Å². The summed E-state index contributed by atoms with van der Waals surface area (Å²) in [5, 5.41) is 6.04. The lowest BCUT2D eigenvalue weighted by Crippen LogP contribution is -2.21. The molecule has 5 rings (SSSR count). The van der Waals surface area contributed by atoms with Gasteiger partial charge < -0.3 is 29.0 Å². The van der Waals surface area contributed by atoms with Gasteiger partial charge in [0.25, 0.3) is 0 Å². The number of methoxy groups -OCH3 is 3. The van der Waals surface area contributed by atoms with Crippen LogP contribution in [0, 0.1) is 0 Å². The van der Waals surface area contributed by atoms with Crippen LogP contribution in [0.4, 0.5) is 0 Å². The molecule has 5 aromatic rings. The molecule has 3 aromatic carbocycles. The number of hydrogen-bond acceptors (Lipinski definition) is 6. The molecule has 43 heavy (non-hydrogen) atoms.